The van der Waals surface area contributed by atoms with Crippen molar-refractivity contribution in [2.75, 3.05) is 30.1 Å². The molecule has 5 atom stereocenters. The Kier molecular flexibility index (Phi) is 7.33. The number of hydrogen-bond acceptors (Lipinski definition) is 6. The highest BCUT2D eigenvalue weighted by atomic mass is 28.4. The summed E-state index contributed by atoms with van der Waals surface area (Å²) in [6.45, 7) is 5.07. The largest absolute Gasteiger partial charge is 0.482 e. The Morgan fingerprint density at radius 1 is 1.04 bits per heavy atom. The fourth-order valence-corrected chi connectivity index (χ4v) is 10.7. The third-order valence-electron chi connectivity index (χ3n) is 10.3. The van der Waals surface area contributed by atoms with Crippen LogP contribution in [0.3, 0.4) is 0 Å². The first-order chi connectivity index (χ1) is 22.0. The van der Waals surface area contributed by atoms with E-state index in [0.29, 0.717) is 41.3 Å². The highest BCUT2D eigenvalue weighted by Gasteiger charge is 2.66. The van der Waals surface area contributed by atoms with Crippen LogP contribution in [0.15, 0.2) is 66.7 Å². The second-order valence-corrected chi connectivity index (χ2v) is 17.2. The number of amides is 3. The molecule has 0 saturated carbocycles. The number of fused-ring (bicyclic) bond motifs is 4. The lowest BCUT2D eigenvalue weighted by Crippen LogP contribution is -2.48. The monoisotopic (exact) mass is 643 g/mol. The predicted octanol–water partition coefficient (Wildman–Crippen LogP) is 4.83. The fourth-order valence-electron chi connectivity index (χ4n) is 8.20. The van der Waals surface area contributed by atoms with Crippen LogP contribution in [-0.4, -0.2) is 68.5 Å². The number of anilines is 3. The van der Waals surface area contributed by atoms with Gasteiger partial charge in [-0.25, -0.2) is 0 Å². The molecule has 3 aromatic rings. The summed E-state index contributed by atoms with van der Waals surface area (Å²) in [6.07, 6.45) is -0.444. The Morgan fingerprint density at radius 2 is 1.76 bits per heavy atom. The van der Waals surface area contributed by atoms with E-state index in [9.17, 15) is 19.5 Å². The van der Waals surface area contributed by atoms with Gasteiger partial charge in [-0.05, 0) is 61.0 Å². The van der Waals surface area contributed by atoms with Gasteiger partial charge in [0.2, 0.25) is 14.3 Å². The van der Waals surface area contributed by atoms with Crippen molar-refractivity contribution in [1.29, 1.82) is 0 Å². The van der Waals surface area contributed by atoms with E-state index in [1.54, 1.807) is 60.3 Å². The molecule has 3 amide bonds. The molecule has 7 rings (SSSR count). The highest BCUT2D eigenvalue weighted by Crippen LogP contribution is 2.60. The molecule has 4 heterocycles. The molecule has 1 spiro atoms. The Balaban J connectivity index is 1.26. The molecule has 9 nitrogen and oxygen atoms in total. The molecular weight excluding hydrogens is 605 g/mol. The third kappa shape index (κ3) is 4.58. The maximum Gasteiger partial charge on any atom is 0.269 e. The Bertz CT molecular complexity index is 1750. The van der Waals surface area contributed by atoms with Crippen LogP contribution < -0.4 is 14.5 Å². The molecule has 4 aliphatic rings. The molecular formula is C35H38FN3O6Si. The minimum absolute atomic E-state index is 0.114. The number of hydrogen-bond donors (Lipinski definition) is 1. The minimum Gasteiger partial charge on any atom is -0.482 e. The van der Waals surface area contributed by atoms with Crippen molar-refractivity contribution in [3.63, 3.8) is 0 Å². The Labute approximate surface area is 268 Å². The SMILES string of the molecule is C[C@@H]1[C@@H]([Si](C)(C)F)[C@H](CC(=O)N2Cc3ccccc3C[C@H]2CO)O[C@@]12C(=O)N(C)c1ccc(N3C(=O)COc4ccccc43)cc12. The second kappa shape index (κ2) is 11.0. The number of benzene rings is 3. The van der Waals surface area contributed by atoms with Crippen molar-refractivity contribution in [2.45, 2.75) is 62.7 Å². The molecule has 1 saturated heterocycles. The van der Waals surface area contributed by atoms with Gasteiger partial charge >= 0.3 is 0 Å². The van der Waals surface area contributed by atoms with Crippen LogP contribution in [0.4, 0.5) is 21.2 Å². The van der Waals surface area contributed by atoms with Crippen molar-refractivity contribution in [3.8, 4) is 5.75 Å². The quantitative estimate of drug-likeness (QED) is 0.316. The molecule has 0 bridgehead atoms. The smallest absolute Gasteiger partial charge is 0.269 e. The van der Waals surface area contributed by atoms with Gasteiger partial charge in [-0.1, -0.05) is 43.3 Å². The lowest BCUT2D eigenvalue weighted by Gasteiger charge is -2.37. The Hall–Kier alpha value is -4.06. The number of rotatable bonds is 5. The van der Waals surface area contributed by atoms with Gasteiger partial charge in [-0.3, -0.25) is 19.3 Å². The van der Waals surface area contributed by atoms with Gasteiger partial charge in [-0.15, -0.1) is 0 Å². The van der Waals surface area contributed by atoms with E-state index < -0.39 is 37.6 Å². The van der Waals surface area contributed by atoms with Gasteiger partial charge in [0.15, 0.2) is 12.2 Å². The normalized spacial score (nSPS) is 27.0. The number of halogens is 1. The summed E-state index contributed by atoms with van der Waals surface area (Å²) in [6, 6.07) is 20.1. The van der Waals surface area contributed by atoms with E-state index in [2.05, 4.69) is 0 Å². The van der Waals surface area contributed by atoms with Crippen LogP contribution in [-0.2, 0) is 37.7 Å². The number of carbonyl (C=O) groups is 3. The fraction of sp³-hybridized carbons (Fsp3) is 0.400. The number of aliphatic hydroxyl groups excluding tert-OH is 1. The molecule has 1 fully saturated rings. The zero-order chi connectivity index (χ0) is 32.5. The zero-order valence-electron chi connectivity index (χ0n) is 26.4. The average Bonchev–Trinajstić information content (AvgIpc) is 3.45. The lowest BCUT2D eigenvalue weighted by atomic mass is 9.82. The van der Waals surface area contributed by atoms with E-state index in [-0.39, 0.29) is 37.4 Å². The number of carbonyl (C=O) groups excluding carboxylic acids is 3. The molecule has 3 aromatic carbocycles. The van der Waals surface area contributed by atoms with Crippen LogP contribution in [0, 0.1) is 5.92 Å². The predicted molar refractivity (Wildman–Crippen MR) is 173 cm³/mol. The van der Waals surface area contributed by atoms with Gasteiger partial charge in [0.05, 0.1) is 36.5 Å². The summed E-state index contributed by atoms with van der Waals surface area (Å²) in [5, 5.41) is 10.2. The van der Waals surface area contributed by atoms with Crippen LogP contribution >= 0.6 is 0 Å². The summed E-state index contributed by atoms with van der Waals surface area (Å²) in [4.78, 5) is 46.2. The number of para-hydroxylation sites is 2. The van der Waals surface area contributed by atoms with Crippen molar-refractivity contribution >= 4 is 43.2 Å². The number of aliphatic hydroxyl groups is 1. The molecule has 0 radical (unpaired) electrons. The molecule has 0 unspecified atom stereocenters. The number of nitrogens with zero attached hydrogens (tertiary/aromatic N) is 3. The zero-order valence-corrected chi connectivity index (χ0v) is 27.4. The van der Waals surface area contributed by atoms with E-state index in [1.807, 2.05) is 43.3 Å². The van der Waals surface area contributed by atoms with Crippen molar-refractivity contribution in [2.24, 2.45) is 5.92 Å². The summed E-state index contributed by atoms with van der Waals surface area (Å²) >= 11 is 0. The van der Waals surface area contributed by atoms with Crippen LogP contribution in [0.1, 0.15) is 30.0 Å². The van der Waals surface area contributed by atoms with E-state index in [1.165, 1.54) is 4.90 Å². The molecule has 11 heteroatoms. The topological polar surface area (TPSA) is 99.6 Å². The molecule has 0 aromatic heterocycles. The van der Waals surface area contributed by atoms with E-state index in [4.69, 9.17) is 9.47 Å². The lowest BCUT2D eigenvalue weighted by molar-refractivity contribution is -0.150. The maximum absolute atomic E-state index is 16.4. The van der Waals surface area contributed by atoms with Gasteiger partial charge in [0.1, 0.15) is 5.75 Å². The summed E-state index contributed by atoms with van der Waals surface area (Å²) in [7, 11) is -1.85. The summed E-state index contributed by atoms with van der Waals surface area (Å²) in [5.41, 5.74) is 2.22. The molecule has 46 heavy (non-hydrogen) atoms. The highest BCUT2D eigenvalue weighted by molar-refractivity contribution is 6.72. The van der Waals surface area contributed by atoms with Gasteiger partial charge < -0.3 is 28.5 Å². The average molecular weight is 644 g/mol. The molecule has 4 aliphatic heterocycles. The van der Waals surface area contributed by atoms with Crippen LogP contribution in [0.25, 0.3) is 0 Å². The van der Waals surface area contributed by atoms with Crippen molar-refractivity contribution < 1.29 is 33.1 Å². The molecule has 0 aliphatic carbocycles. The van der Waals surface area contributed by atoms with Crippen molar-refractivity contribution in [3.05, 3.63) is 83.4 Å². The molecule has 1 N–H and O–H groups in total. The van der Waals surface area contributed by atoms with E-state index >= 15 is 4.11 Å². The first-order valence-corrected chi connectivity index (χ1v) is 18.7. The first-order valence-electron chi connectivity index (χ1n) is 15.8. The summed E-state index contributed by atoms with van der Waals surface area (Å²) < 4.78 is 28.8. The van der Waals surface area contributed by atoms with Gasteiger partial charge in [0.25, 0.3) is 11.8 Å². The molecule has 240 valence electrons. The van der Waals surface area contributed by atoms with E-state index in [0.717, 1.165) is 11.1 Å². The maximum atomic E-state index is 16.4. The number of ether oxygens (including phenoxy) is 2. The van der Waals surface area contributed by atoms with Crippen LogP contribution in [0.5, 0.6) is 5.75 Å². The summed E-state index contributed by atoms with van der Waals surface area (Å²) in [5.74, 6) is -0.840. The van der Waals surface area contributed by atoms with Gasteiger partial charge in [0, 0.05) is 36.3 Å². The second-order valence-electron chi connectivity index (χ2n) is 13.4. The van der Waals surface area contributed by atoms with Crippen LogP contribution in [0.2, 0.25) is 18.6 Å². The third-order valence-corrected chi connectivity index (χ3v) is 12.8. The number of likely N-dealkylation sites (N-methyl/N-ethyl adjacent to an activating group) is 1. The van der Waals surface area contributed by atoms with Gasteiger partial charge in [-0.2, -0.15) is 0 Å². The standard InChI is InChI=1S/C35H38FN3O6Si/c1-21-33(46(3,4)36)30(17-31(41)38-18-23-10-6-5-9-22(23)15-25(38)19-40)45-35(21)26-16-24(13-14-27(26)37(2)34(35)43)39-28-11-7-8-12-29(28)44-20-32(39)42/h5-14,16,21,25,30,33,40H,15,17-20H2,1-4H3/t21-,25+,30+,33-,35+/m1/s1. The Morgan fingerprint density at radius 3 is 2.50 bits per heavy atom. The minimum atomic E-state index is -3.52. The first kappa shape index (κ1) is 30.6. The van der Waals surface area contributed by atoms with Crippen molar-refractivity contribution in [1.82, 2.24) is 4.90 Å².